The summed E-state index contributed by atoms with van der Waals surface area (Å²) in [7, 11) is 2.22. The lowest BCUT2D eigenvalue weighted by Gasteiger charge is -2.36. The van der Waals surface area contributed by atoms with E-state index in [9.17, 15) is 13.6 Å². The Morgan fingerprint density at radius 2 is 1.94 bits per heavy atom. The molecule has 2 unspecified atom stereocenters. The Morgan fingerprint density at radius 1 is 1.17 bits per heavy atom. The maximum Gasteiger partial charge on any atom is 0.268 e. The Bertz CT molecular complexity index is 1060. The van der Waals surface area contributed by atoms with Crippen LogP contribution in [-0.4, -0.2) is 74.2 Å². The van der Waals surface area contributed by atoms with Crippen LogP contribution in [0.3, 0.4) is 0 Å². The van der Waals surface area contributed by atoms with Crippen molar-refractivity contribution in [2.45, 2.75) is 82.8 Å². The van der Waals surface area contributed by atoms with Crippen LogP contribution in [-0.2, 0) is 4.79 Å². The number of hydrogen-bond donors (Lipinski definition) is 2. The van der Waals surface area contributed by atoms with Crippen LogP contribution < -0.4 is 10.6 Å². The monoisotopic (exact) mass is 502 g/mol. The minimum atomic E-state index is -2.69. The highest BCUT2D eigenvalue weighted by atomic mass is 19.3. The molecule has 2 aromatic rings. The van der Waals surface area contributed by atoms with Crippen LogP contribution in [0.25, 0.3) is 0 Å². The fraction of sp³-hybridized carbons (Fsp3) is 0.680. The number of alkyl halides is 2. The molecule has 9 nitrogen and oxygen atoms in total. The average Bonchev–Trinajstić information content (AvgIpc) is 3.29. The molecule has 0 aromatic carbocycles. The first-order valence-corrected chi connectivity index (χ1v) is 13.1. The number of anilines is 3. The zero-order valence-corrected chi connectivity index (χ0v) is 21.1. The molecule has 3 fully saturated rings. The van der Waals surface area contributed by atoms with Gasteiger partial charge in [-0.2, -0.15) is 10.1 Å². The Kier molecular flexibility index (Phi) is 7.36. The predicted molar refractivity (Wildman–Crippen MR) is 134 cm³/mol. The number of hydrogen-bond acceptors (Lipinski definition) is 7. The average molecular weight is 503 g/mol. The molecular weight excluding hydrogens is 466 g/mol. The SMILES string of the molecule is Cc1nn(C2CC3CCC(C2)N3C)cc1Nc1ncc(C(F)F)c(NCCCN2CCCCC2=O)n1. The molecule has 0 aliphatic carbocycles. The number of piperidine rings is 2. The number of nitrogens with one attached hydrogen (secondary N) is 2. The summed E-state index contributed by atoms with van der Waals surface area (Å²) < 4.78 is 29.2. The van der Waals surface area contributed by atoms with Crippen molar-refractivity contribution < 1.29 is 13.6 Å². The lowest BCUT2D eigenvalue weighted by molar-refractivity contribution is -0.133. The first-order valence-electron chi connectivity index (χ1n) is 13.1. The number of halogens is 2. The van der Waals surface area contributed by atoms with E-state index in [-0.39, 0.29) is 23.2 Å². The van der Waals surface area contributed by atoms with Gasteiger partial charge < -0.3 is 20.4 Å². The summed E-state index contributed by atoms with van der Waals surface area (Å²) in [4.78, 5) is 24.8. The van der Waals surface area contributed by atoms with E-state index in [1.54, 1.807) is 0 Å². The van der Waals surface area contributed by atoms with E-state index < -0.39 is 6.43 Å². The summed E-state index contributed by atoms with van der Waals surface area (Å²) in [5, 5.41) is 11.0. The summed E-state index contributed by atoms with van der Waals surface area (Å²) in [5.41, 5.74) is 1.37. The number of nitrogens with zero attached hydrogens (tertiary/aromatic N) is 6. The maximum atomic E-state index is 13.6. The van der Waals surface area contributed by atoms with E-state index in [0.29, 0.717) is 44.1 Å². The molecule has 2 bridgehead atoms. The number of aryl methyl sites for hydroxylation is 1. The van der Waals surface area contributed by atoms with Crippen molar-refractivity contribution in [3.8, 4) is 0 Å². The lowest BCUT2D eigenvalue weighted by atomic mass is 9.98. The van der Waals surface area contributed by atoms with Crippen molar-refractivity contribution in [1.29, 1.82) is 0 Å². The van der Waals surface area contributed by atoms with Gasteiger partial charge in [0.15, 0.2) is 0 Å². The smallest absolute Gasteiger partial charge is 0.268 e. The Balaban J connectivity index is 1.23. The van der Waals surface area contributed by atoms with Gasteiger partial charge >= 0.3 is 0 Å². The second-order valence-corrected chi connectivity index (χ2v) is 10.3. The van der Waals surface area contributed by atoms with E-state index in [0.717, 1.165) is 43.6 Å². The third kappa shape index (κ3) is 5.30. The summed E-state index contributed by atoms with van der Waals surface area (Å²) in [5.74, 6) is 0.537. The molecule has 196 valence electrons. The molecule has 2 atom stereocenters. The fourth-order valence-electron chi connectivity index (χ4n) is 5.84. The number of rotatable bonds is 9. The fourth-order valence-corrected chi connectivity index (χ4v) is 5.84. The number of fused-ring (bicyclic) bond motifs is 2. The van der Waals surface area contributed by atoms with Gasteiger partial charge in [-0.1, -0.05) is 0 Å². The maximum absolute atomic E-state index is 13.6. The number of amides is 1. The van der Waals surface area contributed by atoms with Gasteiger partial charge in [-0.25, -0.2) is 13.8 Å². The number of likely N-dealkylation sites (tertiary alicyclic amines) is 1. The summed E-state index contributed by atoms with van der Waals surface area (Å²) in [6, 6.07) is 1.59. The molecule has 3 aliphatic rings. The van der Waals surface area contributed by atoms with Crippen molar-refractivity contribution in [2.24, 2.45) is 0 Å². The van der Waals surface area contributed by atoms with Crippen LogP contribution >= 0.6 is 0 Å². The highest BCUT2D eigenvalue weighted by Crippen LogP contribution is 2.40. The summed E-state index contributed by atoms with van der Waals surface area (Å²) in [6.07, 6.45) is 8.36. The van der Waals surface area contributed by atoms with Crippen LogP contribution in [0.15, 0.2) is 12.4 Å². The molecular formula is C25H36F2N8O. The van der Waals surface area contributed by atoms with Gasteiger partial charge in [-0.05, 0) is 58.9 Å². The molecule has 3 saturated heterocycles. The zero-order valence-electron chi connectivity index (χ0n) is 21.1. The van der Waals surface area contributed by atoms with Crippen LogP contribution in [0.5, 0.6) is 0 Å². The number of carbonyl (C=O) groups excluding carboxylic acids is 1. The second kappa shape index (κ2) is 10.7. The third-order valence-electron chi connectivity index (χ3n) is 7.98. The van der Waals surface area contributed by atoms with Gasteiger partial charge in [-0.15, -0.1) is 0 Å². The highest BCUT2D eigenvalue weighted by molar-refractivity contribution is 5.76. The van der Waals surface area contributed by atoms with Crippen molar-refractivity contribution in [1.82, 2.24) is 29.5 Å². The molecule has 5 heterocycles. The molecule has 1 amide bonds. The molecule has 2 N–H and O–H groups in total. The van der Waals surface area contributed by atoms with E-state index in [1.165, 1.54) is 19.0 Å². The van der Waals surface area contributed by atoms with Gasteiger partial charge in [0.25, 0.3) is 6.43 Å². The lowest BCUT2D eigenvalue weighted by Crippen LogP contribution is -2.40. The Labute approximate surface area is 210 Å². The Hall–Kier alpha value is -2.82. The van der Waals surface area contributed by atoms with E-state index in [4.69, 9.17) is 5.10 Å². The number of carbonyl (C=O) groups is 1. The standard InChI is InChI=1S/C25H36F2N8O/c1-16-21(15-35(32-16)19-12-17-7-8-18(13-19)33(17)2)30-25-29-14-20(23(26)27)24(31-25)28-9-5-11-34-10-4-3-6-22(34)36/h14-15,17-19,23H,3-13H2,1-2H3,(H2,28,29,30,31). The van der Waals surface area contributed by atoms with Crippen molar-refractivity contribution in [2.75, 3.05) is 37.3 Å². The van der Waals surface area contributed by atoms with Crippen LogP contribution in [0.4, 0.5) is 26.2 Å². The van der Waals surface area contributed by atoms with Gasteiger partial charge in [0.1, 0.15) is 5.82 Å². The normalized spacial score (nSPS) is 24.5. The minimum Gasteiger partial charge on any atom is -0.369 e. The van der Waals surface area contributed by atoms with E-state index in [1.807, 2.05) is 22.7 Å². The largest absolute Gasteiger partial charge is 0.369 e. The molecule has 0 spiro atoms. The quantitative estimate of drug-likeness (QED) is 0.495. The predicted octanol–water partition coefficient (Wildman–Crippen LogP) is 4.27. The van der Waals surface area contributed by atoms with Crippen LogP contribution in [0, 0.1) is 6.92 Å². The third-order valence-corrected chi connectivity index (χ3v) is 7.98. The van der Waals surface area contributed by atoms with E-state index >= 15 is 0 Å². The second-order valence-electron chi connectivity index (χ2n) is 10.3. The van der Waals surface area contributed by atoms with Crippen molar-refractivity contribution >= 4 is 23.4 Å². The first kappa shape index (κ1) is 24.9. The minimum absolute atomic E-state index is 0.115. The molecule has 36 heavy (non-hydrogen) atoms. The molecule has 5 rings (SSSR count). The van der Waals surface area contributed by atoms with Crippen molar-refractivity contribution in [3.63, 3.8) is 0 Å². The number of aromatic nitrogens is 4. The van der Waals surface area contributed by atoms with Crippen LogP contribution in [0.1, 0.15) is 75.1 Å². The summed E-state index contributed by atoms with van der Waals surface area (Å²) >= 11 is 0. The van der Waals surface area contributed by atoms with Gasteiger partial charge in [0.2, 0.25) is 11.9 Å². The van der Waals surface area contributed by atoms with Gasteiger partial charge in [0, 0.05) is 50.5 Å². The summed E-state index contributed by atoms with van der Waals surface area (Å²) in [6.45, 7) is 3.75. The molecule has 2 aromatic heterocycles. The van der Waals surface area contributed by atoms with E-state index in [2.05, 4.69) is 32.5 Å². The molecule has 0 radical (unpaired) electrons. The molecule has 11 heteroatoms. The van der Waals surface area contributed by atoms with Gasteiger partial charge in [0.05, 0.1) is 23.0 Å². The first-order chi connectivity index (χ1) is 17.4. The topological polar surface area (TPSA) is 91.2 Å². The van der Waals surface area contributed by atoms with Gasteiger partial charge in [-0.3, -0.25) is 9.48 Å². The molecule has 0 saturated carbocycles. The highest BCUT2D eigenvalue weighted by Gasteiger charge is 2.39. The van der Waals surface area contributed by atoms with Crippen molar-refractivity contribution in [3.05, 3.63) is 23.7 Å². The Morgan fingerprint density at radius 3 is 2.67 bits per heavy atom. The van der Waals surface area contributed by atoms with Crippen LogP contribution in [0.2, 0.25) is 0 Å². The zero-order chi connectivity index (χ0) is 25.2. The molecule has 3 aliphatic heterocycles.